The molecule has 0 aliphatic rings. The number of hydrogen-bond acceptors (Lipinski definition) is 6. The smallest absolute Gasteiger partial charge is 0.252 e. The van der Waals surface area contributed by atoms with Crippen molar-refractivity contribution < 1.29 is 13.2 Å². The highest BCUT2D eigenvalue weighted by molar-refractivity contribution is 7.90. The minimum Gasteiger partial charge on any atom is -0.302 e. The lowest BCUT2D eigenvalue weighted by molar-refractivity contribution is -0.114. The molecule has 0 saturated carbocycles. The van der Waals surface area contributed by atoms with Gasteiger partial charge in [-0.3, -0.25) is 9.69 Å². The molecule has 0 bridgehead atoms. The Balaban J connectivity index is 0.00000363. The topological polar surface area (TPSA) is 70.6 Å². The maximum atomic E-state index is 13.1. The van der Waals surface area contributed by atoms with Crippen LogP contribution in [-0.4, -0.2) is 56.6 Å². The van der Waals surface area contributed by atoms with Crippen LogP contribution < -0.4 is 4.90 Å². The number of fused-ring (bicyclic) bond motifs is 1. The van der Waals surface area contributed by atoms with Gasteiger partial charge in [-0.25, -0.2) is 13.4 Å². The number of anilines is 1. The third kappa shape index (κ3) is 6.62. The van der Waals surface area contributed by atoms with Crippen LogP contribution in [0.1, 0.15) is 19.4 Å². The van der Waals surface area contributed by atoms with Crippen LogP contribution >= 0.6 is 23.7 Å². The number of nitrogens with zero attached hydrogens (tertiary/aromatic N) is 3. The van der Waals surface area contributed by atoms with Gasteiger partial charge < -0.3 is 4.90 Å². The first-order chi connectivity index (χ1) is 14.8. The monoisotopic (exact) mass is 493 g/mol. The van der Waals surface area contributed by atoms with Crippen LogP contribution in [0, 0.1) is 0 Å². The largest absolute Gasteiger partial charge is 0.302 e. The second-order valence-electron chi connectivity index (χ2n) is 7.16. The van der Waals surface area contributed by atoms with E-state index in [-0.39, 0.29) is 23.2 Å². The third-order valence-electron chi connectivity index (χ3n) is 5.03. The molecule has 0 aliphatic carbocycles. The SMILES string of the molecule is CCN(CC)CCN(C(=O)C=Cc1ccccc1)c1nc2ccc(S(C)(=O)=O)cc2s1.Cl. The van der Waals surface area contributed by atoms with Gasteiger partial charge >= 0.3 is 0 Å². The van der Waals surface area contributed by atoms with Crippen molar-refractivity contribution in [2.75, 3.05) is 37.3 Å². The molecular weight excluding hydrogens is 466 g/mol. The molecule has 1 amide bonds. The van der Waals surface area contributed by atoms with Crippen molar-refractivity contribution in [3.05, 3.63) is 60.2 Å². The predicted molar refractivity (Wildman–Crippen MR) is 136 cm³/mol. The number of rotatable bonds is 9. The van der Waals surface area contributed by atoms with Gasteiger partial charge in [-0.15, -0.1) is 12.4 Å². The molecular formula is C23H28ClN3O3S2. The minimum absolute atomic E-state index is 0. The molecule has 172 valence electrons. The van der Waals surface area contributed by atoms with E-state index in [0.717, 1.165) is 29.9 Å². The highest BCUT2D eigenvalue weighted by Crippen LogP contribution is 2.31. The lowest BCUT2D eigenvalue weighted by Crippen LogP contribution is -2.38. The number of thiazole rings is 1. The Bertz CT molecular complexity index is 1170. The van der Waals surface area contributed by atoms with Crippen LogP contribution in [0.3, 0.4) is 0 Å². The Labute approximate surface area is 199 Å². The summed E-state index contributed by atoms with van der Waals surface area (Å²) < 4.78 is 24.5. The predicted octanol–water partition coefficient (Wildman–Crippen LogP) is 4.51. The van der Waals surface area contributed by atoms with Gasteiger partial charge in [0.05, 0.1) is 15.1 Å². The van der Waals surface area contributed by atoms with Crippen molar-refractivity contribution in [1.82, 2.24) is 9.88 Å². The van der Waals surface area contributed by atoms with E-state index in [1.807, 2.05) is 30.3 Å². The number of amides is 1. The van der Waals surface area contributed by atoms with E-state index in [2.05, 4.69) is 23.7 Å². The fourth-order valence-corrected chi connectivity index (χ4v) is 4.90. The van der Waals surface area contributed by atoms with Crippen LogP contribution in [0.4, 0.5) is 5.13 Å². The minimum atomic E-state index is -3.31. The van der Waals surface area contributed by atoms with Gasteiger partial charge in [-0.2, -0.15) is 0 Å². The molecule has 6 nitrogen and oxygen atoms in total. The second kappa shape index (κ2) is 11.6. The van der Waals surface area contributed by atoms with E-state index in [4.69, 9.17) is 0 Å². The molecule has 0 atom stereocenters. The number of likely N-dealkylation sites (N-methyl/N-ethyl adjacent to an activating group) is 1. The fourth-order valence-electron chi connectivity index (χ4n) is 3.14. The number of sulfone groups is 1. The zero-order valence-corrected chi connectivity index (χ0v) is 20.8. The highest BCUT2D eigenvalue weighted by atomic mass is 35.5. The molecule has 9 heteroatoms. The Morgan fingerprint density at radius 1 is 1.06 bits per heavy atom. The summed E-state index contributed by atoms with van der Waals surface area (Å²) in [6, 6.07) is 14.5. The molecule has 0 N–H and O–H groups in total. The molecule has 0 radical (unpaired) electrons. The quantitative estimate of drug-likeness (QED) is 0.410. The fraction of sp³-hybridized carbons (Fsp3) is 0.304. The summed E-state index contributed by atoms with van der Waals surface area (Å²) in [6.07, 6.45) is 4.54. The molecule has 0 unspecified atom stereocenters. The maximum Gasteiger partial charge on any atom is 0.252 e. The van der Waals surface area contributed by atoms with Gasteiger partial charge in [-0.05, 0) is 42.9 Å². The average molecular weight is 494 g/mol. The Hall–Kier alpha value is -2.26. The Morgan fingerprint density at radius 2 is 1.75 bits per heavy atom. The number of carbonyl (C=O) groups is 1. The van der Waals surface area contributed by atoms with Crippen molar-refractivity contribution in [2.45, 2.75) is 18.7 Å². The van der Waals surface area contributed by atoms with Crippen LogP contribution in [0.2, 0.25) is 0 Å². The summed E-state index contributed by atoms with van der Waals surface area (Å²) >= 11 is 1.33. The van der Waals surface area contributed by atoms with E-state index in [9.17, 15) is 13.2 Å². The first-order valence-electron chi connectivity index (χ1n) is 10.2. The second-order valence-corrected chi connectivity index (χ2v) is 10.2. The molecule has 2 aromatic carbocycles. The summed E-state index contributed by atoms with van der Waals surface area (Å²) in [5, 5.41) is 0.565. The van der Waals surface area contributed by atoms with Crippen LogP contribution in [-0.2, 0) is 14.6 Å². The molecule has 3 rings (SSSR count). The van der Waals surface area contributed by atoms with Gasteiger partial charge in [0, 0.05) is 25.4 Å². The molecule has 0 aliphatic heterocycles. The number of benzene rings is 2. The van der Waals surface area contributed by atoms with Crippen LogP contribution in [0.15, 0.2) is 59.5 Å². The number of hydrogen-bond donors (Lipinski definition) is 0. The summed E-state index contributed by atoms with van der Waals surface area (Å²) in [6.45, 7) is 7.21. The van der Waals surface area contributed by atoms with Crippen molar-refractivity contribution >= 4 is 60.9 Å². The maximum absolute atomic E-state index is 13.1. The standard InChI is InChI=1S/C23H27N3O3S2.ClH/c1-4-25(5-2)15-16-26(22(27)14-11-18-9-7-6-8-10-18)23-24-20-13-12-19(31(3,28)29)17-21(20)30-23;/h6-14,17H,4-5,15-16H2,1-3H3;1H. The summed E-state index contributed by atoms with van der Waals surface area (Å²) in [5.41, 5.74) is 1.63. The lowest BCUT2D eigenvalue weighted by atomic mass is 10.2. The summed E-state index contributed by atoms with van der Waals surface area (Å²) in [7, 11) is -3.31. The van der Waals surface area contributed by atoms with Gasteiger partial charge in [0.15, 0.2) is 15.0 Å². The molecule has 1 aromatic heterocycles. The Morgan fingerprint density at radius 3 is 2.38 bits per heavy atom. The molecule has 1 heterocycles. The lowest BCUT2D eigenvalue weighted by Gasteiger charge is -2.23. The van der Waals surface area contributed by atoms with Crippen LogP contribution in [0.25, 0.3) is 16.3 Å². The van der Waals surface area contributed by atoms with Gasteiger partial charge in [0.25, 0.3) is 5.91 Å². The van der Waals surface area contributed by atoms with Crippen molar-refractivity contribution in [3.8, 4) is 0 Å². The number of aromatic nitrogens is 1. The zero-order chi connectivity index (χ0) is 22.4. The van der Waals surface area contributed by atoms with E-state index < -0.39 is 9.84 Å². The molecule has 0 spiro atoms. The first-order valence-corrected chi connectivity index (χ1v) is 12.9. The van der Waals surface area contributed by atoms with Gasteiger partial charge in [-0.1, -0.05) is 55.5 Å². The highest BCUT2D eigenvalue weighted by Gasteiger charge is 2.19. The summed E-state index contributed by atoms with van der Waals surface area (Å²) in [4.78, 5) is 21.9. The first kappa shape index (κ1) is 26.0. The zero-order valence-electron chi connectivity index (χ0n) is 18.4. The van der Waals surface area contributed by atoms with Crippen molar-refractivity contribution in [2.24, 2.45) is 0 Å². The van der Waals surface area contributed by atoms with Gasteiger partial charge in [0.1, 0.15) is 0 Å². The number of carbonyl (C=O) groups excluding carboxylic acids is 1. The third-order valence-corrected chi connectivity index (χ3v) is 7.18. The summed E-state index contributed by atoms with van der Waals surface area (Å²) in [5.74, 6) is -0.154. The van der Waals surface area contributed by atoms with Crippen molar-refractivity contribution in [3.63, 3.8) is 0 Å². The van der Waals surface area contributed by atoms with E-state index in [1.165, 1.54) is 17.6 Å². The Kier molecular flexibility index (Phi) is 9.39. The number of halogens is 1. The molecule has 32 heavy (non-hydrogen) atoms. The van der Waals surface area contributed by atoms with Crippen LogP contribution in [0.5, 0.6) is 0 Å². The molecule has 3 aromatic rings. The van der Waals surface area contributed by atoms with Crippen molar-refractivity contribution in [1.29, 1.82) is 0 Å². The van der Waals surface area contributed by atoms with E-state index in [1.54, 1.807) is 35.3 Å². The van der Waals surface area contributed by atoms with E-state index >= 15 is 0 Å². The molecule has 0 saturated heterocycles. The van der Waals surface area contributed by atoms with E-state index in [0.29, 0.717) is 17.2 Å². The average Bonchev–Trinajstić information content (AvgIpc) is 3.18. The molecule has 0 fully saturated rings. The normalized spacial score (nSPS) is 11.8. The van der Waals surface area contributed by atoms with Gasteiger partial charge in [0.2, 0.25) is 0 Å².